The van der Waals surface area contributed by atoms with E-state index in [1.165, 1.54) is 11.9 Å². The van der Waals surface area contributed by atoms with Crippen molar-refractivity contribution in [3.8, 4) is 11.1 Å². The maximum Gasteiger partial charge on any atom is 0.171 e. The van der Waals surface area contributed by atoms with Crippen LogP contribution in [0.3, 0.4) is 0 Å². The minimum atomic E-state index is 0.746. The van der Waals surface area contributed by atoms with E-state index in [1.807, 2.05) is 23.2 Å². The van der Waals surface area contributed by atoms with Crippen molar-refractivity contribution in [1.29, 1.82) is 0 Å². The Hall–Kier alpha value is -3.19. The molecule has 7 heteroatoms. The zero-order valence-electron chi connectivity index (χ0n) is 15.5. The van der Waals surface area contributed by atoms with E-state index >= 15 is 0 Å². The molecule has 1 aliphatic rings. The number of rotatable bonds is 9. The Balaban J connectivity index is 1.77. The molecule has 0 saturated heterocycles. The number of nitrogens with zero attached hydrogens (tertiary/aromatic N) is 4. The smallest absolute Gasteiger partial charge is 0.171 e. The largest absolute Gasteiger partial charge is 0.291 e. The summed E-state index contributed by atoms with van der Waals surface area (Å²) in [6.45, 7) is 7.28. The van der Waals surface area contributed by atoms with Crippen LogP contribution < -0.4 is 16.5 Å². The fraction of sp³-hybridized carbons (Fsp3) is 0.250. The van der Waals surface area contributed by atoms with Crippen LogP contribution in [0.4, 0.5) is 0 Å². The highest BCUT2D eigenvalue weighted by molar-refractivity contribution is 6.04. The quantitative estimate of drug-likeness (QED) is 0.364. The number of hydrazone groups is 2. The highest BCUT2D eigenvalue weighted by Crippen LogP contribution is 2.25. The van der Waals surface area contributed by atoms with E-state index in [0.717, 1.165) is 48.5 Å². The van der Waals surface area contributed by atoms with Crippen molar-refractivity contribution < 1.29 is 0 Å². The van der Waals surface area contributed by atoms with Crippen LogP contribution in [0, 0.1) is 0 Å². The second-order valence-electron chi connectivity index (χ2n) is 6.22. The van der Waals surface area contributed by atoms with Gasteiger partial charge in [-0.05, 0) is 29.8 Å². The third-order valence-electron chi connectivity index (χ3n) is 4.28. The van der Waals surface area contributed by atoms with E-state index in [0.29, 0.717) is 0 Å². The molecule has 0 fully saturated rings. The van der Waals surface area contributed by atoms with Gasteiger partial charge < -0.3 is 0 Å². The minimum Gasteiger partial charge on any atom is -0.291 e. The third kappa shape index (κ3) is 4.92. The molecule has 0 aliphatic carbocycles. The molecule has 0 radical (unpaired) electrons. The van der Waals surface area contributed by atoms with Gasteiger partial charge in [-0.2, -0.15) is 5.10 Å². The Bertz CT molecular complexity index is 811. The summed E-state index contributed by atoms with van der Waals surface area (Å²) in [4.78, 5) is 3.72. The number of hydrazine groups is 2. The van der Waals surface area contributed by atoms with Crippen molar-refractivity contribution in [3.05, 3.63) is 59.7 Å². The lowest BCUT2D eigenvalue weighted by atomic mass is 9.98. The van der Waals surface area contributed by atoms with Gasteiger partial charge in [-0.3, -0.25) is 15.4 Å². The van der Waals surface area contributed by atoms with Crippen LogP contribution in [-0.2, 0) is 6.54 Å². The SMILES string of the molecule is C=N/C=N\N(CCCC)Cc1ccc(-c2ccccc2C2=NNNN2)cc1. The summed E-state index contributed by atoms with van der Waals surface area (Å²) in [5, 5.41) is 10.6. The average molecular weight is 363 g/mol. The first-order valence-electron chi connectivity index (χ1n) is 9.07. The first kappa shape index (κ1) is 18.6. The summed E-state index contributed by atoms with van der Waals surface area (Å²) in [6, 6.07) is 16.7. The monoisotopic (exact) mass is 363 g/mol. The van der Waals surface area contributed by atoms with Gasteiger partial charge in [0, 0.05) is 12.1 Å². The van der Waals surface area contributed by atoms with Crippen LogP contribution in [-0.4, -0.2) is 30.4 Å². The second-order valence-corrected chi connectivity index (χ2v) is 6.22. The Morgan fingerprint density at radius 2 is 1.89 bits per heavy atom. The number of unbranched alkanes of at least 4 members (excludes halogenated alkanes) is 1. The Morgan fingerprint density at radius 3 is 2.56 bits per heavy atom. The van der Waals surface area contributed by atoms with E-state index in [-0.39, 0.29) is 0 Å². The Morgan fingerprint density at radius 1 is 1.11 bits per heavy atom. The molecule has 140 valence electrons. The lowest BCUT2D eigenvalue weighted by molar-refractivity contribution is 0.276. The molecule has 7 nitrogen and oxygen atoms in total. The number of amidine groups is 1. The lowest BCUT2D eigenvalue weighted by Gasteiger charge is -2.18. The van der Waals surface area contributed by atoms with Crippen LogP contribution >= 0.6 is 0 Å². The minimum absolute atomic E-state index is 0.746. The van der Waals surface area contributed by atoms with Crippen molar-refractivity contribution in [1.82, 2.24) is 21.5 Å². The average Bonchev–Trinajstić information content (AvgIpc) is 3.25. The van der Waals surface area contributed by atoms with Crippen molar-refractivity contribution in [3.63, 3.8) is 0 Å². The highest BCUT2D eigenvalue weighted by Gasteiger charge is 2.13. The van der Waals surface area contributed by atoms with Crippen molar-refractivity contribution in [2.75, 3.05) is 6.54 Å². The maximum atomic E-state index is 4.36. The van der Waals surface area contributed by atoms with Crippen LogP contribution in [0.5, 0.6) is 0 Å². The topological polar surface area (TPSA) is 76.4 Å². The van der Waals surface area contributed by atoms with Gasteiger partial charge in [-0.25, -0.2) is 5.53 Å². The van der Waals surface area contributed by atoms with Crippen LogP contribution in [0.25, 0.3) is 11.1 Å². The number of hydrogen-bond donors (Lipinski definition) is 3. The molecule has 0 aromatic heterocycles. The molecule has 2 aromatic carbocycles. The summed E-state index contributed by atoms with van der Waals surface area (Å²) >= 11 is 0. The molecule has 0 atom stereocenters. The predicted molar refractivity (Wildman–Crippen MR) is 111 cm³/mol. The van der Waals surface area contributed by atoms with Gasteiger partial charge in [-0.15, -0.1) is 10.6 Å². The summed E-state index contributed by atoms with van der Waals surface area (Å²) in [7, 11) is 0. The molecule has 27 heavy (non-hydrogen) atoms. The van der Waals surface area contributed by atoms with Crippen LogP contribution in [0.2, 0.25) is 0 Å². The molecule has 0 unspecified atom stereocenters. The number of hydrogen-bond acceptors (Lipinski definition) is 6. The highest BCUT2D eigenvalue weighted by atomic mass is 15.8. The first-order valence-corrected chi connectivity index (χ1v) is 9.07. The fourth-order valence-corrected chi connectivity index (χ4v) is 2.90. The lowest BCUT2D eigenvalue weighted by Crippen LogP contribution is -2.35. The molecule has 3 rings (SSSR count). The molecular weight excluding hydrogens is 338 g/mol. The predicted octanol–water partition coefficient (Wildman–Crippen LogP) is 2.87. The van der Waals surface area contributed by atoms with Crippen LogP contribution in [0.15, 0.2) is 63.7 Å². The Labute approximate surface area is 159 Å². The molecular formula is C20H25N7. The molecule has 2 aromatic rings. The van der Waals surface area contributed by atoms with Gasteiger partial charge in [0.25, 0.3) is 0 Å². The molecule has 0 bridgehead atoms. The van der Waals surface area contributed by atoms with Gasteiger partial charge in [0.1, 0.15) is 6.34 Å². The standard InChI is InChI=1S/C20H25N7/c1-3-4-13-27(22-15-21-2)14-16-9-11-17(12-10-16)18-7-5-6-8-19(18)20-23-25-26-24-20/h5-12,15,25-26H,2-4,13-14H2,1H3,(H,23,24)/b22-15-. The van der Waals surface area contributed by atoms with Crippen molar-refractivity contribution in [2.45, 2.75) is 26.3 Å². The van der Waals surface area contributed by atoms with Gasteiger partial charge in [0.15, 0.2) is 5.84 Å². The number of aliphatic imine (C=N–C) groups is 1. The summed E-state index contributed by atoms with van der Waals surface area (Å²) < 4.78 is 0. The second kappa shape index (κ2) is 9.49. The van der Waals surface area contributed by atoms with E-state index in [9.17, 15) is 0 Å². The normalized spacial score (nSPS) is 13.1. The molecule has 0 saturated carbocycles. The van der Waals surface area contributed by atoms with E-state index in [1.54, 1.807) is 0 Å². The fourth-order valence-electron chi connectivity index (χ4n) is 2.90. The molecule has 0 spiro atoms. The summed E-state index contributed by atoms with van der Waals surface area (Å²) in [5.74, 6) is 0.770. The van der Waals surface area contributed by atoms with E-state index < -0.39 is 0 Å². The van der Waals surface area contributed by atoms with Gasteiger partial charge in [0.2, 0.25) is 0 Å². The van der Waals surface area contributed by atoms with Crippen molar-refractivity contribution >= 4 is 18.9 Å². The first-order chi connectivity index (χ1) is 13.3. The number of benzene rings is 2. The molecule has 1 heterocycles. The van der Waals surface area contributed by atoms with Gasteiger partial charge in [0.05, 0.1) is 6.54 Å². The zero-order chi connectivity index (χ0) is 18.9. The number of nitrogens with one attached hydrogen (secondary N) is 3. The van der Waals surface area contributed by atoms with E-state index in [2.05, 4.69) is 75.7 Å². The summed E-state index contributed by atoms with van der Waals surface area (Å²) in [6.07, 6.45) is 3.72. The Kier molecular flexibility index (Phi) is 6.54. The zero-order valence-corrected chi connectivity index (χ0v) is 15.5. The molecule has 1 aliphatic heterocycles. The van der Waals surface area contributed by atoms with Gasteiger partial charge >= 0.3 is 0 Å². The molecule has 3 N–H and O–H groups in total. The maximum absolute atomic E-state index is 4.36. The molecule has 0 amide bonds. The third-order valence-corrected chi connectivity index (χ3v) is 4.28. The van der Waals surface area contributed by atoms with E-state index in [4.69, 9.17) is 0 Å². The van der Waals surface area contributed by atoms with Gasteiger partial charge in [-0.1, -0.05) is 61.9 Å². The van der Waals surface area contributed by atoms with Crippen LogP contribution in [0.1, 0.15) is 30.9 Å². The summed E-state index contributed by atoms with van der Waals surface area (Å²) in [5.41, 5.74) is 13.0. The van der Waals surface area contributed by atoms with Crippen molar-refractivity contribution in [2.24, 2.45) is 15.2 Å².